The maximum absolute atomic E-state index is 12.8. The number of hydrogen-bond acceptors (Lipinski definition) is 6. The lowest BCUT2D eigenvalue weighted by Crippen LogP contribution is -2.58. The second-order valence-electron chi connectivity index (χ2n) is 7.90. The molecule has 0 bridgehead atoms. The quantitative estimate of drug-likeness (QED) is 0.673. The molecular weight excluding hydrogens is 406 g/mol. The Morgan fingerprint density at radius 1 is 1.06 bits per heavy atom. The molecule has 2 aliphatic rings. The first-order valence-corrected chi connectivity index (χ1v) is 10.6. The molecule has 1 N–H and O–H groups in total. The van der Waals surface area contributed by atoms with Crippen LogP contribution in [-0.2, 0) is 4.79 Å². The first kappa shape index (κ1) is 20.1. The molecule has 5 rings (SSSR count). The van der Waals surface area contributed by atoms with Crippen molar-refractivity contribution in [3.63, 3.8) is 0 Å². The van der Waals surface area contributed by atoms with Gasteiger partial charge in [-0.15, -0.1) is 0 Å². The third-order valence-electron chi connectivity index (χ3n) is 5.81. The molecule has 1 aromatic heterocycles. The standard InChI is InChI=1S/C24H23N5O3/c30-23-15-28-10-11-29(24(31)21-13-25-8-9-26-21)14-19(28)16-32-22-7-6-18(12-20(22)27-23)17-4-2-1-3-5-17/h1-9,12-13,19H,10-11,14-16H2,(H,27,30)/t19-/m0/s1. The molecule has 3 aromatic rings. The Balaban J connectivity index is 1.36. The Bertz CT molecular complexity index is 1120. The molecule has 0 radical (unpaired) electrons. The monoisotopic (exact) mass is 429 g/mol. The van der Waals surface area contributed by atoms with E-state index in [0.29, 0.717) is 43.4 Å². The van der Waals surface area contributed by atoms with Crippen LogP contribution in [0.5, 0.6) is 5.75 Å². The van der Waals surface area contributed by atoms with Crippen LogP contribution in [0.15, 0.2) is 67.1 Å². The van der Waals surface area contributed by atoms with Crippen molar-refractivity contribution < 1.29 is 14.3 Å². The summed E-state index contributed by atoms with van der Waals surface area (Å²) in [4.78, 5) is 37.5. The average molecular weight is 429 g/mol. The molecule has 1 atom stereocenters. The summed E-state index contributed by atoms with van der Waals surface area (Å²) >= 11 is 0. The van der Waals surface area contributed by atoms with Crippen LogP contribution in [0.1, 0.15) is 10.5 Å². The van der Waals surface area contributed by atoms with Gasteiger partial charge in [-0.2, -0.15) is 0 Å². The number of fused-ring (bicyclic) bond motifs is 2. The minimum atomic E-state index is -0.157. The van der Waals surface area contributed by atoms with Gasteiger partial charge in [-0.25, -0.2) is 4.98 Å². The molecular formula is C24H23N5O3. The van der Waals surface area contributed by atoms with Crippen LogP contribution in [0.2, 0.25) is 0 Å². The van der Waals surface area contributed by atoms with Crippen molar-refractivity contribution in [2.45, 2.75) is 6.04 Å². The van der Waals surface area contributed by atoms with Gasteiger partial charge in [-0.3, -0.25) is 19.5 Å². The van der Waals surface area contributed by atoms with E-state index in [1.54, 1.807) is 11.1 Å². The molecule has 8 heteroatoms. The molecule has 0 spiro atoms. The molecule has 8 nitrogen and oxygen atoms in total. The van der Waals surface area contributed by atoms with E-state index in [4.69, 9.17) is 4.74 Å². The Labute approximate surface area is 185 Å². The molecule has 1 fully saturated rings. The summed E-state index contributed by atoms with van der Waals surface area (Å²) in [6.45, 7) is 2.18. The van der Waals surface area contributed by atoms with Gasteiger partial charge in [0.15, 0.2) is 0 Å². The number of benzene rings is 2. The fourth-order valence-corrected chi connectivity index (χ4v) is 4.14. The zero-order valence-electron chi connectivity index (χ0n) is 17.5. The molecule has 0 aliphatic carbocycles. The van der Waals surface area contributed by atoms with Gasteiger partial charge in [0, 0.05) is 32.0 Å². The van der Waals surface area contributed by atoms with Gasteiger partial charge in [0.1, 0.15) is 18.1 Å². The Hall–Kier alpha value is -3.78. The van der Waals surface area contributed by atoms with Gasteiger partial charge in [0.25, 0.3) is 5.91 Å². The van der Waals surface area contributed by atoms with E-state index < -0.39 is 0 Å². The highest BCUT2D eigenvalue weighted by atomic mass is 16.5. The molecule has 162 valence electrons. The molecule has 0 saturated carbocycles. The average Bonchev–Trinajstić information content (AvgIpc) is 2.90. The summed E-state index contributed by atoms with van der Waals surface area (Å²) in [5.41, 5.74) is 3.05. The van der Waals surface area contributed by atoms with Gasteiger partial charge in [-0.1, -0.05) is 36.4 Å². The topological polar surface area (TPSA) is 87.7 Å². The number of anilines is 1. The molecule has 32 heavy (non-hydrogen) atoms. The fraction of sp³-hybridized carbons (Fsp3) is 0.250. The van der Waals surface area contributed by atoms with Crippen LogP contribution in [0.25, 0.3) is 11.1 Å². The smallest absolute Gasteiger partial charge is 0.274 e. The number of ether oxygens (including phenoxy) is 1. The van der Waals surface area contributed by atoms with E-state index in [9.17, 15) is 9.59 Å². The predicted molar refractivity (Wildman–Crippen MR) is 119 cm³/mol. The first-order valence-electron chi connectivity index (χ1n) is 10.6. The summed E-state index contributed by atoms with van der Waals surface area (Å²) in [7, 11) is 0. The number of rotatable bonds is 2. The van der Waals surface area contributed by atoms with Gasteiger partial charge in [0.2, 0.25) is 5.91 Å². The van der Waals surface area contributed by atoms with Crippen molar-refractivity contribution >= 4 is 17.5 Å². The summed E-state index contributed by atoms with van der Waals surface area (Å²) in [5.74, 6) is 0.368. The van der Waals surface area contributed by atoms with Crippen molar-refractivity contribution in [1.82, 2.24) is 19.8 Å². The molecule has 2 aliphatic heterocycles. The molecule has 0 unspecified atom stereocenters. The van der Waals surface area contributed by atoms with Crippen LogP contribution in [-0.4, -0.2) is 70.4 Å². The van der Waals surface area contributed by atoms with Gasteiger partial charge < -0.3 is 15.0 Å². The zero-order valence-corrected chi connectivity index (χ0v) is 17.5. The second-order valence-corrected chi connectivity index (χ2v) is 7.90. The highest BCUT2D eigenvalue weighted by molar-refractivity contribution is 5.95. The van der Waals surface area contributed by atoms with E-state index >= 15 is 0 Å². The molecule has 2 aromatic carbocycles. The van der Waals surface area contributed by atoms with Crippen molar-refractivity contribution in [1.29, 1.82) is 0 Å². The van der Waals surface area contributed by atoms with Crippen LogP contribution >= 0.6 is 0 Å². The lowest BCUT2D eigenvalue weighted by molar-refractivity contribution is -0.118. The van der Waals surface area contributed by atoms with Crippen LogP contribution in [0.4, 0.5) is 5.69 Å². The van der Waals surface area contributed by atoms with E-state index in [1.165, 1.54) is 12.4 Å². The SMILES string of the molecule is O=C1CN2CCN(C(=O)c3cnccn3)C[C@H]2COc2ccc(-c3ccccc3)cc2N1. The maximum atomic E-state index is 12.8. The number of carbonyl (C=O) groups excluding carboxylic acids is 2. The van der Waals surface area contributed by atoms with Crippen molar-refractivity contribution in [2.24, 2.45) is 0 Å². The third-order valence-corrected chi connectivity index (χ3v) is 5.81. The highest BCUT2D eigenvalue weighted by Crippen LogP contribution is 2.32. The molecule has 1 saturated heterocycles. The van der Waals surface area contributed by atoms with Crippen LogP contribution < -0.4 is 10.1 Å². The number of aromatic nitrogens is 2. The van der Waals surface area contributed by atoms with Crippen molar-refractivity contribution in [3.8, 4) is 16.9 Å². The van der Waals surface area contributed by atoms with Gasteiger partial charge in [0.05, 0.1) is 24.5 Å². The predicted octanol–water partition coefficient (Wildman–Crippen LogP) is 2.30. The number of carbonyl (C=O) groups is 2. The summed E-state index contributed by atoms with van der Waals surface area (Å²) in [6.07, 6.45) is 4.53. The second kappa shape index (κ2) is 8.76. The number of nitrogens with one attached hydrogen (secondary N) is 1. The van der Waals surface area contributed by atoms with Crippen molar-refractivity contribution in [3.05, 3.63) is 72.8 Å². The summed E-state index contributed by atoms with van der Waals surface area (Å²) in [5, 5.41) is 3.00. The zero-order chi connectivity index (χ0) is 21.9. The van der Waals surface area contributed by atoms with E-state index in [2.05, 4.69) is 20.2 Å². The van der Waals surface area contributed by atoms with Gasteiger partial charge in [-0.05, 0) is 23.3 Å². The number of nitrogens with zero attached hydrogens (tertiary/aromatic N) is 4. The van der Waals surface area contributed by atoms with Crippen LogP contribution in [0, 0.1) is 0 Å². The molecule has 3 heterocycles. The van der Waals surface area contributed by atoms with Gasteiger partial charge >= 0.3 is 0 Å². The normalized spacial score (nSPS) is 18.8. The Kier molecular flexibility index (Phi) is 5.51. The largest absolute Gasteiger partial charge is 0.490 e. The van der Waals surface area contributed by atoms with E-state index in [1.807, 2.05) is 48.5 Å². The lowest BCUT2D eigenvalue weighted by Gasteiger charge is -2.40. The Morgan fingerprint density at radius 2 is 1.94 bits per heavy atom. The lowest BCUT2D eigenvalue weighted by atomic mass is 10.0. The minimum absolute atomic E-state index is 0.0966. The van der Waals surface area contributed by atoms with Crippen molar-refractivity contribution in [2.75, 3.05) is 38.1 Å². The Morgan fingerprint density at radius 3 is 2.75 bits per heavy atom. The number of hydrogen-bond donors (Lipinski definition) is 1. The first-order chi connectivity index (χ1) is 15.7. The highest BCUT2D eigenvalue weighted by Gasteiger charge is 2.33. The summed E-state index contributed by atoms with van der Waals surface area (Å²) < 4.78 is 6.13. The van der Waals surface area contributed by atoms with E-state index in [-0.39, 0.29) is 24.4 Å². The number of amides is 2. The van der Waals surface area contributed by atoms with E-state index in [0.717, 1.165) is 11.1 Å². The van der Waals surface area contributed by atoms with Crippen LogP contribution in [0.3, 0.4) is 0 Å². The fourth-order valence-electron chi connectivity index (χ4n) is 4.14. The minimum Gasteiger partial charge on any atom is -0.490 e. The number of piperazine rings is 1. The summed E-state index contributed by atoms with van der Waals surface area (Å²) in [6, 6.07) is 15.7. The third kappa shape index (κ3) is 4.17. The maximum Gasteiger partial charge on any atom is 0.274 e. The molecule has 2 amide bonds.